The van der Waals surface area contributed by atoms with Crippen LogP contribution < -0.4 is 5.32 Å². The fraction of sp³-hybridized carbons (Fsp3) is 0.176. The summed E-state index contributed by atoms with van der Waals surface area (Å²) in [6.07, 6.45) is 0. The number of likely N-dealkylation sites (tertiary alicyclic amines) is 1. The van der Waals surface area contributed by atoms with Gasteiger partial charge in [0, 0.05) is 0 Å². The van der Waals surface area contributed by atoms with Crippen LogP contribution in [0.25, 0.3) is 0 Å². The highest BCUT2D eigenvalue weighted by Crippen LogP contribution is 2.29. The lowest BCUT2D eigenvalue weighted by Gasteiger charge is -2.30. The maximum absolute atomic E-state index is 14.2. The lowest BCUT2D eigenvalue weighted by Crippen LogP contribution is -2.50. The Morgan fingerprint density at radius 2 is 1.79 bits per heavy atom. The van der Waals surface area contributed by atoms with E-state index in [1.807, 2.05) is 0 Å². The summed E-state index contributed by atoms with van der Waals surface area (Å²) in [6.45, 7) is 1.54. The van der Waals surface area contributed by atoms with Crippen molar-refractivity contribution in [3.8, 4) is 0 Å². The highest BCUT2D eigenvalue weighted by atomic mass is 19.2. The normalized spacial score (nSPS) is 13.7. The average molecular weight is 334 g/mol. The van der Waals surface area contributed by atoms with E-state index in [2.05, 4.69) is 5.32 Å². The maximum Gasteiger partial charge on any atom is 0.256 e. The predicted molar refractivity (Wildman–Crippen MR) is 81.7 cm³/mol. The molecule has 0 atom stereocenters. The number of nitrogens with zero attached hydrogens (tertiary/aromatic N) is 1. The molecule has 0 bridgehead atoms. The molecule has 1 heterocycles. The minimum Gasteiger partial charge on any atom is -0.350 e. The van der Waals surface area contributed by atoms with Crippen LogP contribution in [-0.4, -0.2) is 29.7 Å². The zero-order valence-corrected chi connectivity index (χ0v) is 12.7. The molecule has 0 unspecified atom stereocenters. The van der Waals surface area contributed by atoms with Crippen LogP contribution in [0.1, 0.15) is 15.9 Å². The van der Waals surface area contributed by atoms with Crippen molar-refractivity contribution >= 4 is 23.1 Å². The Kier molecular flexibility index (Phi) is 4.01. The van der Waals surface area contributed by atoms with Crippen molar-refractivity contribution in [2.45, 2.75) is 6.92 Å². The molecule has 1 amide bonds. The van der Waals surface area contributed by atoms with Crippen LogP contribution in [0, 0.1) is 24.4 Å². The van der Waals surface area contributed by atoms with Crippen molar-refractivity contribution in [2.24, 2.45) is 0 Å². The number of carbonyl (C=O) groups excluding carboxylic acids is 2. The molecule has 0 aliphatic carbocycles. The fourth-order valence-corrected chi connectivity index (χ4v) is 2.40. The van der Waals surface area contributed by atoms with Crippen molar-refractivity contribution in [1.82, 2.24) is 4.90 Å². The first kappa shape index (κ1) is 16.0. The van der Waals surface area contributed by atoms with Crippen molar-refractivity contribution in [1.29, 1.82) is 0 Å². The number of hydrogen-bond donors (Lipinski definition) is 1. The molecule has 1 fully saturated rings. The molecule has 0 spiro atoms. The first-order valence-corrected chi connectivity index (χ1v) is 7.19. The number of ketones is 1. The Hall–Kier alpha value is -2.83. The van der Waals surface area contributed by atoms with E-state index in [1.54, 1.807) is 13.0 Å². The monoisotopic (exact) mass is 334 g/mol. The highest BCUT2D eigenvalue weighted by molar-refractivity contribution is 6.06. The Labute approximate surface area is 135 Å². The number of Topliss-reactive ketones (excluding diaryl/α,β-unsaturated/α-hetero) is 1. The van der Waals surface area contributed by atoms with E-state index < -0.39 is 29.0 Å². The van der Waals surface area contributed by atoms with E-state index in [1.165, 1.54) is 17.0 Å². The first-order chi connectivity index (χ1) is 11.4. The van der Waals surface area contributed by atoms with Gasteiger partial charge >= 0.3 is 0 Å². The number of anilines is 2. The molecule has 2 aromatic carbocycles. The number of rotatable bonds is 3. The van der Waals surface area contributed by atoms with Gasteiger partial charge in [0.25, 0.3) is 5.91 Å². The van der Waals surface area contributed by atoms with Crippen LogP contribution in [0.5, 0.6) is 0 Å². The van der Waals surface area contributed by atoms with Gasteiger partial charge in [-0.05, 0) is 36.8 Å². The van der Waals surface area contributed by atoms with Crippen molar-refractivity contribution in [3.63, 3.8) is 0 Å². The van der Waals surface area contributed by atoms with Crippen LogP contribution in [-0.2, 0) is 4.79 Å². The van der Waals surface area contributed by atoms with E-state index in [4.69, 9.17) is 0 Å². The molecule has 0 saturated carbocycles. The summed E-state index contributed by atoms with van der Waals surface area (Å²) in [4.78, 5) is 24.6. The van der Waals surface area contributed by atoms with Crippen molar-refractivity contribution in [3.05, 3.63) is 58.9 Å². The number of nitrogens with one attached hydrogen (secondary N) is 1. The van der Waals surface area contributed by atoms with Gasteiger partial charge in [0.15, 0.2) is 17.4 Å². The van der Waals surface area contributed by atoms with Gasteiger partial charge in [0.1, 0.15) is 5.82 Å². The van der Waals surface area contributed by atoms with Gasteiger partial charge in [-0.25, -0.2) is 13.2 Å². The Morgan fingerprint density at radius 3 is 2.42 bits per heavy atom. The smallest absolute Gasteiger partial charge is 0.256 e. The van der Waals surface area contributed by atoms with Gasteiger partial charge in [-0.15, -0.1) is 0 Å². The first-order valence-electron chi connectivity index (χ1n) is 7.19. The molecule has 2 aromatic rings. The van der Waals surface area contributed by atoms with E-state index >= 15 is 0 Å². The van der Waals surface area contributed by atoms with Gasteiger partial charge in [-0.3, -0.25) is 9.59 Å². The van der Waals surface area contributed by atoms with Gasteiger partial charge in [0.2, 0.25) is 0 Å². The van der Waals surface area contributed by atoms with Crippen LogP contribution in [0.15, 0.2) is 30.3 Å². The Balaban J connectivity index is 2.00. The molecule has 1 saturated heterocycles. The van der Waals surface area contributed by atoms with Crippen LogP contribution >= 0.6 is 0 Å². The highest BCUT2D eigenvalue weighted by Gasteiger charge is 2.31. The van der Waals surface area contributed by atoms with E-state index in [0.29, 0.717) is 5.56 Å². The number of halogens is 3. The van der Waals surface area contributed by atoms with Crippen molar-refractivity contribution < 1.29 is 22.8 Å². The largest absolute Gasteiger partial charge is 0.350 e. The molecule has 3 rings (SSSR count). The number of benzene rings is 2. The summed E-state index contributed by atoms with van der Waals surface area (Å²) >= 11 is 0. The average Bonchev–Trinajstić information content (AvgIpc) is 2.50. The van der Waals surface area contributed by atoms with Crippen molar-refractivity contribution in [2.75, 3.05) is 18.4 Å². The molecule has 0 radical (unpaired) electrons. The minimum absolute atomic E-state index is 0.0733. The molecule has 124 valence electrons. The predicted octanol–water partition coefficient (Wildman–Crippen LogP) is 3.18. The lowest BCUT2D eigenvalue weighted by atomic mass is 10.1. The minimum atomic E-state index is -1.28. The number of amides is 1. The van der Waals surface area contributed by atoms with Gasteiger partial charge in [0.05, 0.1) is 30.0 Å². The molecule has 24 heavy (non-hydrogen) atoms. The van der Waals surface area contributed by atoms with Gasteiger partial charge in [-0.1, -0.05) is 6.07 Å². The number of aryl methyl sites for hydroxylation is 1. The van der Waals surface area contributed by atoms with Gasteiger partial charge < -0.3 is 10.2 Å². The number of carbonyl (C=O) groups is 2. The maximum atomic E-state index is 14.2. The lowest BCUT2D eigenvalue weighted by molar-refractivity contribution is -0.127. The Morgan fingerprint density at radius 1 is 1.08 bits per heavy atom. The summed E-state index contributed by atoms with van der Waals surface area (Å²) in [5.74, 6) is -3.85. The zero-order chi connectivity index (χ0) is 17.4. The third-order valence-electron chi connectivity index (χ3n) is 3.73. The quantitative estimate of drug-likeness (QED) is 0.938. The molecule has 1 aliphatic rings. The second-order valence-electron chi connectivity index (χ2n) is 5.59. The van der Waals surface area contributed by atoms with E-state index in [9.17, 15) is 22.8 Å². The molecular weight excluding hydrogens is 321 g/mol. The summed E-state index contributed by atoms with van der Waals surface area (Å²) in [6, 6.07) is 6.13. The third kappa shape index (κ3) is 2.84. The summed E-state index contributed by atoms with van der Waals surface area (Å²) in [5.41, 5.74) is -0.0459. The number of hydrogen-bond acceptors (Lipinski definition) is 3. The zero-order valence-electron chi connectivity index (χ0n) is 12.7. The van der Waals surface area contributed by atoms with Crippen LogP contribution in [0.4, 0.5) is 24.5 Å². The molecular formula is C17H13F3N2O2. The second kappa shape index (κ2) is 5.99. The second-order valence-corrected chi connectivity index (χ2v) is 5.59. The molecule has 7 heteroatoms. The standard InChI is InChI=1S/C17H13F3N2O2/c1-9-2-5-14(13(19)6-9)21-16-11(3-4-12(18)15(16)20)17(24)22-7-10(23)8-22/h2-6,21H,7-8H2,1H3. The summed E-state index contributed by atoms with van der Waals surface area (Å²) < 4.78 is 41.7. The van der Waals surface area contributed by atoms with E-state index in [-0.39, 0.29) is 30.1 Å². The van der Waals surface area contributed by atoms with E-state index in [0.717, 1.165) is 12.1 Å². The third-order valence-corrected chi connectivity index (χ3v) is 3.73. The topological polar surface area (TPSA) is 49.4 Å². The Bertz CT molecular complexity index is 844. The molecule has 1 N–H and O–H groups in total. The summed E-state index contributed by atoms with van der Waals surface area (Å²) in [5, 5.41) is 2.45. The summed E-state index contributed by atoms with van der Waals surface area (Å²) in [7, 11) is 0. The SMILES string of the molecule is Cc1ccc(Nc2c(C(=O)N3CC(=O)C3)ccc(F)c2F)c(F)c1. The molecule has 4 nitrogen and oxygen atoms in total. The molecule has 0 aromatic heterocycles. The van der Waals surface area contributed by atoms with Gasteiger partial charge in [-0.2, -0.15) is 0 Å². The molecule has 1 aliphatic heterocycles. The van der Waals surface area contributed by atoms with Crippen LogP contribution in [0.3, 0.4) is 0 Å². The van der Waals surface area contributed by atoms with Crippen LogP contribution in [0.2, 0.25) is 0 Å². The fourth-order valence-electron chi connectivity index (χ4n) is 2.40.